The molecular formula is C70H41N3OS. The summed E-state index contributed by atoms with van der Waals surface area (Å²) in [6, 6.07) is 89.8. The lowest BCUT2D eigenvalue weighted by atomic mass is 9.70. The second kappa shape index (κ2) is 16.2. The van der Waals surface area contributed by atoms with Crippen LogP contribution in [0.5, 0.6) is 0 Å². The Kier molecular flexibility index (Phi) is 9.09. The molecule has 4 nitrogen and oxygen atoms in total. The largest absolute Gasteiger partial charge is 0.456 e. The van der Waals surface area contributed by atoms with Crippen LogP contribution in [0.3, 0.4) is 0 Å². The van der Waals surface area contributed by atoms with Gasteiger partial charge in [-0.05, 0) is 126 Å². The summed E-state index contributed by atoms with van der Waals surface area (Å²) < 4.78 is 9.10. The van der Waals surface area contributed by atoms with Crippen LogP contribution in [0.25, 0.3) is 132 Å². The van der Waals surface area contributed by atoms with Gasteiger partial charge in [0, 0.05) is 47.6 Å². The van der Waals surface area contributed by atoms with Gasteiger partial charge in [0.1, 0.15) is 11.2 Å². The molecule has 16 rings (SSSR count). The van der Waals surface area contributed by atoms with Crippen molar-refractivity contribution in [3.63, 3.8) is 0 Å². The predicted molar refractivity (Wildman–Crippen MR) is 309 cm³/mol. The molecule has 0 saturated heterocycles. The SMILES string of the molecule is c1ccc(-c2cccc(-c3nc(-c4cccc5oc6ccc(-c7cccc(-c8ccc9c(c8)-c8ccccc8C98c9ccccc9-c9ccccc98)c7)cc6c45)nc(-c4cccc5sc6ccccc6c45)n3)c2)cc1. The van der Waals surface area contributed by atoms with Crippen LogP contribution in [-0.4, -0.2) is 15.0 Å². The van der Waals surface area contributed by atoms with Gasteiger partial charge in [-0.1, -0.05) is 200 Å². The Hall–Kier alpha value is -9.55. The maximum Gasteiger partial charge on any atom is 0.164 e. The Morgan fingerprint density at radius 2 is 0.760 bits per heavy atom. The smallest absolute Gasteiger partial charge is 0.164 e. The molecule has 0 aliphatic heterocycles. The zero-order valence-electron chi connectivity index (χ0n) is 40.3. The molecule has 5 heteroatoms. The van der Waals surface area contributed by atoms with Crippen LogP contribution < -0.4 is 0 Å². The van der Waals surface area contributed by atoms with Gasteiger partial charge in [-0.3, -0.25) is 0 Å². The molecule has 348 valence electrons. The molecule has 0 amide bonds. The molecule has 3 heterocycles. The van der Waals surface area contributed by atoms with Crippen molar-refractivity contribution in [2.45, 2.75) is 5.41 Å². The van der Waals surface area contributed by atoms with Crippen LogP contribution in [0.15, 0.2) is 253 Å². The predicted octanol–water partition coefficient (Wildman–Crippen LogP) is 18.5. The molecule has 0 unspecified atom stereocenters. The zero-order chi connectivity index (χ0) is 49.2. The van der Waals surface area contributed by atoms with Crippen LogP contribution >= 0.6 is 11.3 Å². The van der Waals surface area contributed by atoms with Gasteiger partial charge in [0.2, 0.25) is 0 Å². The summed E-state index contributed by atoms with van der Waals surface area (Å²) in [4.78, 5) is 16.1. The van der Waals surface area contributed by atoms with Crippen molar-refractivity contribution in [2.75, 3.05) is 0 Å². The molecule has 75 heavy (non-hydrogen) atoms. The van der Waals surface area contributed by atoms with Crippen molar-refractivity contribution in [3.8, 4) is 89.8 Å². The summed E-state index contributed by atoms with van der Waals surface area (Å²) in [5.74, 6) is 1.82. The second-order valence-electron chi connectivity index (χ2n) is 19.7. The quantitative estimate of drug-likeness (QED) is 0.167. The van der Waals surface area contributed by atoms with Crippen molar-refractivity contribution in [2.24, 2.45) is 0 Å². The van der Waals surface area contributed by atoms with Crippen LogP contribution in [0.4, 0.5) is 0 Å². The van der Waals surface area contributed by atoms with Gasteiger partial charge in [0.05, 0.1) is 5.41 Å². The van der Waals surface area contributed by atoms with Gasteiger partial charge < -0.3 is 4.42 Å². The molecule has 0 fully saturated rings. The van der Waals surface area contributed by atoms with E-state index in [4.69, 9.17) is 19.4 Å². The van der Waals surface area contributed by atoms with Gasteiger partial charge in [-0.2, -0.15) is 0 Å². The minimum atomic E-state index is -0.369. The van der Waals surface area contributed by atoms with Crippen molar-refractivity contribution >= 4 is 53.4 Å². The van der Waals surface area contributed by atoms with Gasteiger partial charge in [0.15, 0.2) is 17.5 Å². The highest BCUT2D eigenvalue weighted by atomic mass is 32.1. The molecule has 0 atom stereocenters. The molecule has 0 saturated carbocycles. The molecule has 0 radical (unpaired) electrons. The number of furan rings is 1. The first-order valence-corrected chi connectivity index (χ1v) is 26.3. The highest BCUT2D eigenvalue weighted by Gasteiger charge is 2.51. The van der Waals surface area contributed by atoms with E-state index in [1.54, 1.807) is 11.3 Å². The van der Waals surface area contributed by atoms with E-state index in [2.05, 4.69) is 231 Å². The number of rotatable bonds is 6. The van der Waals surface area contributed by atoms with Crippen LogP contribution in [0.2, 0.25) is 0 Å². The first-order chi connectivity index (χ1) is 37.2. The Morgan fingerprint density at radius 1 is 0.280 bits per heavy atom. The molecular weight excluding hydrogens is 931 g/mol. The van der Waals surface area contributed by atoms with Crippen LogP contribution in [-0.2, 0) is 5.41 Å². The minimum absolute atomic E-state index is 0.369. The summed E-state index contributed by atoms with van der Waals surface area (Å²) >= 11 is 1.79. The summed E-state index contributed by atoms with van der Waals surface area (Å²) in [7, 11) is 0. The lowest BCUT2D eigenvalue weighted by Gasteiger charge is -2.30. The number of aromatic nitrogens is 3. The van der Waals surface area contributed by atoms with E-state index in [9.17, 15) is 0 Å². The number of fused-ring (bicyclic) bond motifs is 16. The molecule has 14 aromatic rings. The standard InChI is InChI=1S/C70H41N3OS/c1-2-16-42(17-3-1)43-18-13-21-48(39-43)67-71-68(73-69(72-67)54-27-15-33-64-66(54)52-25-7-11-32-63(52)75-64)53-26-14-31-62-65(53)56-41-47(35-37-61(56)74-62)45-20-12-19-44(38-45)46-34-36-60-55(40-46)51-24-6-10-30-59(51)70(60)57-28-8-4-22-49(57)50-23-5-9-29-58(50)70/h1-41H. The summed E-state index contributed by atoms with van der Waals surface area (Å²) in [6.45, 7) is 0. The van der Waals surface area contributed by atoms with E-state index in [1.807, 2.05) is 18.2 Å². The Labute approximate surface area is 436 Å². The topological polar surface area (TPSA) is 51.8 Å². The van der Waals surface area contributed by atoms with Crippen molar-refractivity contribution in [1.29, 1.82) is 0 Å². The summed E-state index contributed by atoms with van der Waals surface area (Å²) in [5.41, 5.74) is 21.4. The highest BCUT2D eigenvalue weighted by Crippen LogP contribution is 2.63. The summed E-state index contributed by atoms with van der Waals surface area (Å²) in [5, 5.41) is 4.31. The monoisotopic (exact) mass is 971 g/mol. The van der Waals surface area contributed by atoms with Crippen LogP contribution in [0.1, 0.15) is 22.3 Å². The third kappa shape index (κ3) is 6.26. The Bertz CT molecular complexity index is 4630. The number of thiophene rings is 1. The molecule has 2 aliphatic rings. The normalized spacial score (nSPS) is 12.9. The maximum atomic E-state index is 6.67. The average Bonchev–Trinajstić information content (AvgIpc) is 4.24. The van der Waals surface area contributed by atoms with Crippen molar-refractivity contribution in [1.82, 2.24) is 15.0 Å². The van der Waals surface area contributed by atoms with Crippen molar-refractivity contribution in [3.05, 3.63) is 271 Å². The van der Waals surface area contributed by atoms with Gasteiger partial charge in [-0.15, -0.1) is 11.3 Å². The molecule has 11 aromatic carbocycles. The Balaban J connectivity index is 0.835. The first kappa shape index (κ1) is 42.0. The highest BCUT2D eigenvalue weighted by molar-refractivity contribution is 7.25. The van der Waals surface area contributed by atoms with Gasteiger partial charge in [-0.25, -0.2) is 15.0 Å². The van der Waals surface area contributed by atoms with E-state index in [0.29, 0.717) is 17.5 Å². The fraction of sp³-hybridized carbons (Fsp3) is 0.0143. The fourth-order valence-corrected chi connectivity index (χ4v) is 13.7. The maximum absolute atomic E-state index is 6.67. The number of nitrogens with zero attached hydrogens (tertiary/aromatic N) is 3. The molecule has 0 N–H and O–H groups in total. The number of benzene rings is 11. The van der Waals surface area contributed by atoms with Crippen LogP contribution in [0, 0.1) is 0 Å². The Morgan fingerprint density at radius 3 is 1.49 bits per heavy atom. The average molecular weight is 972 g/mol. The molecule has 1 spiro atoms. The van der Waals surface area contributed by atoms with E-state index in [1.165, 1.54) is 64.9 Å². The van der Waals surface area contributed by atoms with Gasteiger partial charge >= 0.3 is 0 Å². The molecule has 2 aliphatic carbocycles. The second-order valence-corrected chi connectivity index (χ2v) is 20.8. The third-order valence-corrected chi connectivity index (χ3v) is 16.9. The van der Waals surface area contributed by atoms with E-state index < -0.39 is 0 Å². The third-order valence-electron chi connectivity index (χ3n) is 15.8. The van der Waals surface area contributed by atoms with E-state index in [0.717, 1.165) is 71.8 Å². The lowest BCUT2D eigenvalue weighted by molar-refractivity contribution is 0.669. The zero-order valence-corrected chi connectivity index (χ0v) is 41.1. The molecule has 0 bridgehead atoms. The van der Waals surface area contributed by atoms with E-state index in [-0.39, 0.29) is 5.41 Å². The summed E-state index contributed by atoms with van der Waals surface area (Å²) in [6.07, 6.45) is 0. The minimum Gasteiger partial charge on any atom is -0.456 e. The van der Waals surface area contributed by atoms with E-state index >= 15 is 0 Å². The fourth-order valence-electron chi connectivity index (χ4n) is 12.5. The number of hydrogen-bond donors (Lipinski definition) is 0. The molecule has 3 aromatic heterocycles. The van der Waals surface area contributed by atoms with Crippen molar-refractivity contribution < 1.29 is 4.42 Å². The number of hydrogen-bond acceptors (Lipinski definition) is 5. The first-order valence-electron chi connectivity index (χ1n) is 25.5. The van der Waals surface area contributed by atoms with Gasteiger partial charge in [0.25, 0.3) is 0 Å². The lowest BCUT2D eigenvalue weighted by Crippen LogP contribution is -2.25.